The van der Waals surface area contributed by atoms with Crippen LogP contribution in [0.5, 0.6) is 0 Å². The van der Waals surface area contributed by atoms with Crippen molar-refractivity contribution in [2.45, 2.75) is 26.2 Å². The molecule has 3 aromatic rings. The van der Waals surface area contributed by atoms with Crippen molar-refractivity contribution in [3.05, 3.63) is 107 Å². The predicted octanol–water partition coefficient (Wildman–Crippen LogP) is 5.72. The maximum absolute atomic E-state index is 13.5. The van der Waals surface area contributed by atoms with E-state index in [1.807, 2.05) is 12.1 Å². The van der Waals surface area contributed by atoms with Crippen molar-refractivity contribution in [2.75, 3.05) is 5.32 Å². The molecule has 0 aliphatic heterocycles. The zero-order chi connectivity index (χ0) is 22.9. The summed E-state index contributed by atoms with van der Waals surface area (Å²) in [6.45, 7) is 2.12. The van der Waals surface area contributed by atoms with Crippen LogP contribution in [-0.2, 0) is 11.2 Å². The normalized spacial score (nSPS) is 11.2. The zero-order valence-corrected chi connectivity index (χ0v) is 17.7. The monoisotopic (exact) mass is 434 g/mol. The molecule has 4 nitrogen and oxygen atoms in total. The van der Waals surface area contributed by atoms with Crippen LogP contribution in [-0.4, -0.2) is 11.8 Å². The number of unbranched alkanes of at least 4 members (excludes halogenated alkanes) is 1. The largest absolute Gasteiger partial charge is 0.321 e. The number of halogens is 2. The van der Waals surface area contributed by atoms with Gasteiger partial charge in [0.05, 0.1) is 0 Å². The first-order valence-corrected chi connectivity index (χ1v) is 10.4. The second kappa shape index (κ2) is 11.0. The molecule has 0 aliphatic carbocycles. The SMILES string of the molecule is CCCCc1ccc(C(=O)NC(=Cc2ccc(F)cc2)C(=O)Nc2cccc(F)c2)cc1. The molecule has 0 saturated heterocycles. The first-order chi connectivity index (χ1) is 15.4. The Kier molecular flexibility index (Phi) is 7.86. The minimum atomic E-state index is -0.632. The molecule has 0 aromatic heterocycles. The van der Waals surface area contributed by atoms with Gasteiger partial charge in [-0.25, -0.2) is 8.78 Å². The lowest BCUT2D eigenvalue weighted by molar-refractivity contribution is -0.113. The first-order valence-electron chi connectivity index (χ1n) is 10.4. The van der Waals surface area contributed by atoms with E-state index in [0.29, 0.717) is 11.1 Å². The van der Waals surface area contributed by atoms with E-state index < -0.39 is 23.4 Å². The van der Waals surface area contributed by atoms with E-state index in [1.165, 1.54) is 54.6 Å². The molecule has 2 amide bonds. The smallest absolute Gasteiger partial charge is 0.272 e. The van der Waals surface area contributed by atoms with Gasteiger partial charge in [0, 0.05) is 11.3 Å². The number of hydrogen-bond donors (Lipinski definition) is 2. The lowest BCUT2D eigenvalue weighted by atomic mass is 10.1. The number of nitrogens with one attached hydrogen (secondary N) is 2. The van der Waals surface area contributed by atoms with E-state index >= 15 is 0 Å². The Hall–Kier alpha value is -3.80. The Morgan fingerprint density at radius 2 is 1.62 bits per heavy atom. The van der Waals surface area contributed by atoms with E-state index in [1.54, 1.807) is 12.1 Å². The summed E-state index contributed by atoms with van der Waals surface area (Å²) < 4.78 is 26.7. The molecule has 0 spiro atoms. The van der Waals surface area contributed by atoms with Gasteiger partial charge in [-0.15, -0.1) is 0 Å². The highest BCUT2D eigenvalue weighted by atomic mass is 19.1. The maximum atomic E-state index is 13.5. The summed E-state index contributed by atoms with van der Waals surface area (Å²) in [4.78, 5) is 25.6. The van der Waals surface area contributed by atoms with Crippen LogP contribution in [0.25, 0.3) is 6.08 Å². The van der Waals surface area contributed by atoms with Crippen molar-refractivity contribution in [3.63, 3.8) is 0 Å². The van der Waals surface area contributed by atoms with Gasteiger partial charge in [-0.1, -0.05) is 43.7 Å². The van der Waals surface area contributed by atoms with E-state index in [2.05, 4.69) is 17.6 Å². The predicted molar refractivity (Wildman–Crippen MR) is 122 cm³/mol. The Morgan fingerprint density at radius 3 is 2.28 bits per heavy atom. The second-order valence-corrected chi connectivity index (χ2v) is 7.33. The van der Waals surface area contributed by atoms with Gasteiger partial charge in [-0.05, 0) is 72.5 Å². The average molecular weight is 434 g/mol. The summed E-state index contributed by atoms with van der Waals surface area (Å²) in [6.07, 6.45) is 4.52. The molecule has 0 radical (unpaired) electrons. The third kappa shape index (κ3) is 6.60. The molecule has 164 valence electrons. The summed E-state index contributed by atoms with van der Waals surface area (Å²) >= 11 is 0. The second-order valence-electron chi connectivity index (χ2n) is 7.33. The fourth-order valence-corrected chi connectivity index (χ4v) is 3.05. The molecule has 0 atom stereocenters. The average Bonchev–Trinajstić information content (AvgIpc) is 2.79. The zero-order valence-electron chi connectivity index (χ0n) is 17.7. The molecule has 6 heteroatoms. The third-order valence-electron chi connectivity index (χ3n) is 4.79. The van der Waals surface area contributed by atoms with Crippen LogP contribution >= 0.6 is 0 Å². The number of amides is 2. The van der Waals surface area contributed by atoms with E-state index in [9.17, 15) is 18.4 Å². The van der Waals surface area contributed by atoms with E-state index in [-0.39, 0.29) is 11.4 Å². The van der Waals surface area contributed by atoms with Gasteiger partial charge in [0.1, 0.15) is 17.3 Å². The van der Waals surface area contributed by atoms with Gasteiger partial charge in [-0.2, -0.15) is 0 Å². The number of benzene rings is 3. The van der Waals surface area contributed by atoms with Crippen LogP contribution in [0.2, 0.25) is 0 Å². The summed E-state index contributed by atoms with van der Waals surface area (Å²) in [5.74, 6) is -2.01. The molecule has 0 unspecified atom stereocenters. The number of aryl methyl sites for hydroxylation is 1. The number of rotatable bonds is 8. The lowest BCUT2D eigenvalue weighted by Gasteiger charge is -2.12. The first kappa shape index (κ1) is 22.9. The van der Waals surface area contributed by atoms with Crippen LogP contribution in [0, 0.1) is 11.6 Å². The van der Waals surface area contributed by atoms with Gasteiger partial charge >= 0.3 is 0 Å². The van der Waals surface area contributed by atoms with Crippen LogP contribution in [0.15, 0.2) is 78.5 Å². The minimum absolute atomic E-state index is 0.0547. The molecule has 2 N–H and O–H groups in total. The van der Waals surface area contributed by atoms with Crippen molar-refractivity contribution < 1.29 is 18.4 Å². The van der Waals surface area contributed by atoms with Crippen molar-refractivity contribution in [1.82, 2.24) is 5.32 Å². The Bertz CT molecular complexity index is 1110. The van der Waals surface area contributed by atoms with Gasteiger partial charge in [-0.3, -0.25) is 9.59 Å². The van der Waals surface area contributed by atoms with E-state index in [0.717, 1.165) is 24.8 Å². The molecule has 32 heavy (non-hydrogen) atoms. The molecule has 0 heterocycles. The standard InChI is InChI=1S/C26H24F2N2O2/c1-2-3-5-18-8-12-20(13-9-18)25(31)30-24(16-19-10-14-21(27)15-11-19)26(32)29-23-7-4-6-22(28)17-23/h4,6-17H,2-3,5H2,1H3,(H,29,32)(H,30,31). The Morgan fingerprint density at radius 1 is 0.906 bits per heavy atom. The highest BCUT2D eigenvalue weighted by Crippen LogP contribution is 2.14. The van der Waals surface area contributed by atoms with Crippen molar-refractivity contribution >= 4 is 23.6 Å². The lowest BCUT2D eigenvalue weighted by Crippen LogP contribution is -2.30. The molecule has 3 rings (SSSR count). The fourth-order valence-electron chi connectivity index (χ4n) is 3.05. The molecule has 0 fully saturated rings. The molecule has 0 bridgehead atoms. The number of hydrogen-bond acceptors (Lipinski definition) is 2. The highest BCUT2D eigenvalue weighted by Gasteiger charge is 2.15. The van der Waals surface area contributed by atoms with Crippen molar-refractivity contribution in [3.8, 4) is 0 Å². The van der Waals surface area contributed by atoms with Crippen LogP contribution < -0.4 is 10.6 Å². The summed E-state index contributed by atoms with van der Waals surface area (Å²) in [5.41, 5.74) is 2.24. The highest BCUT2D eigenvalue weighted by molar-refractivity contribution is 6.10. The van der Waals surface area contributed by atoms with Crippen molar-refractivity contribution in [2.24, 2.45) is 0 Å². The van der Waals surface area contributed by atoms with Gasteiger partial charge in [0.15, 0.2) is 0 Å². The topological polar surface area (TPSA) is 58.2 Å². The van der Waals surface area contributed by atoms with Crippen LogP contribution in [0.3, 0.4) is 0 Å². The number of carbonyl (C=O) groups excluding carboxylic acids is 2. The molecule has 0 saturated carbocycles. The summed E-state index contributed by atoms with van der Waals surface area (Å²) in [5, 5.41) is 5.18. The van der Waals surface area contributed by atoms with Gasteiger partial charge < -0.3 is 10.6 Å². The fraction of sp³-hybridized carbons (Fsp3) is 0.154. The third-order valence-corrected chi connectivity index (χ3v) is 4.79. The van der Waals surface area contributed by atoms with Crippen LogP contribution in [0.4, 0.5) is 14.5 Å². The number of carbonyl (C=O) groups is 2. The molecule has 0 aliphatic rings. The Balaban J connectivity index is 1.82. The maximum Gasteiger partial charge on any atom is 0.272 e. The van der Waals surface area contributed by atoms with Crippen LogP contribution in [0.1, 0.15) is 41.3 Å². The quantitative estimate of drug-likeness (QED) is 0.446. The van der Waals surface area contributed by atoms with Gasteiger partial charge in [0.2, 0.25) is 0 Å². The Labute approximate surface area is 186 Å². The summed E-state index contributed by atoms with van der Waals surface area (Å²) in [6, 6.07) is 18.1. The van der Waals surface area contributed by atoms with E-state index in [4.69, 9.17) is 0 Å². The minimum Gasteiger partial charge on any atom is -0.321 e. The molecule has 3 aromatic carbocycles. The molecular formula is C26H24F2N2O2. The number of anilines is 1. The molecular weight excluding hydrogens is 410 g/mol. The van der Waals surface area contributed by atoms with Gasteiger partial charge in [0.25, 0.3) is 11.8 Å². The summed E-state index contributed by atoms with van der Waals surface area (Å²) in [7, 11) is 0. The van der Waals surface area contributed by atoms with Crippen molar-refractivity contribution in [1.29, 1.82) is 0 Å².